The molecule has 0 aliphatic rings. The van der Waals surface area contributed by atoms with Gasteiger partial charge in [-0.1, -0.05) is 50.2 Å². The van der Waals surface area contributed by atoms with Crippen LogP contribution in [0, 0.1) is 6.92 Å². The Bertz CT molecular complexity index is 1090. The smallest absolute Gasteiger partial charge is 0.277 e. The van der Waals surface area contributed by atoms with Crippen LogP contribution < -0.4 is 19.6 Å². The van der Waals surface area contributed by atoms with Crippen molar-refractivity contribution in [2.75, 3.05) is 13.7 Å². The predicted molar refractivity (Wildman–Crippen MR) is 130 cm³/mol. The maximum absolute atomic E-state index is 12.1. The number of rotatable bonds is 10. The van der Waals surface area contributed by atoms with Crippen LogP contribution in [0.15, 0.2) is 71.8 Å². The van der Waals surface area contributed by atoms with Gasteiger partial charge in [0.1, 0.15) is 12.4 Å². The molecule has 3 aromatic rings. The van der Waals surface area contributed by atoms with Crippen molar-refractivity contribution in [3.05, 3.63) is 89.0 Å². The number of hydrogen-bond acceptors (Lipinski definition) is 5. The number of carbonyl (C=O) groups is 1. The van der Waals surface area contributed by atoms with Crippen molar-refractivity contribution in [1.29, 1.82) is 0 Å². The minimum absolute atomic E-state index is 0.118. The number of nitrogens with zero attached hydrogens (tertiary/aromatic N) is 1. The summed E-state index contributed by atoms with van der Waals surface area (Å²) in [6, 6.07) is 21.2. The summed E-state index contributed by atoms with van der Waals surface area (Å²) in [6.07, 6.45) is 1.54. The van der Waals surface area contributed by atoms with Crippen LogP contribution in [0.5, 0.6) is 17.2 Å². The fourth-order valence-corrected chi connectivity index (χ4v) is 3.36. The Balaban J connectivity index is 1.50. The summed E-state index contributed by atoms with van der Waals surface area (Å²) in [6.45, 7) is 6.66. The van der Waals surface area contributed by atoms with Gasteiger partial charge in [-0.2, -0.15) is 5.10 Å². The third-order valence-corrected chi connectivity index (χ3v) is 5.06. The lowest BCUT2D eigenvalue weighted by molar-refractivity contribution is -0.123. The van der Waals surface area contributed by atoms with Gasteiger partial charge in [0.05, 0.1) is 13.3 Å². The first-order valence-electron chi connectivity index (χ1n) is 10.9. The molecule has 0 aromatic heterocycles. The Morgan fingerprint density at radius 1 is 1.00 bits per heavy atom. The van der Waals surface area contributed by atoms with Crippen LogP contribution in [0.3, 0.4) is 0 Å². The highest BCUT2D eigenvalue weighted by molar-refractivity contribution is 5.83. The molecule has 0 spiro atoms. The molecule has 3 aromatic carbocycles. The van der Waals surface area contributed by atoms with Crippen molar-refractivity contribution in [2.45, 2.75) is 33.3 Å². The molecule has 1 N–H and O–H groups in total. The lowest BCUT2D eigenvalue weighted by atomic mass is 9.98. The van der Waals surface area contributed by atoms with E-state index in [2.05, 4.69) is 24.4 Å². The third-order valence-electron chi connectivity index (χ3n) is 5.06. The molecule has 0 heterocycles. The maximum atomic E-state index is 12.1. The molecule has 3 rings (SSSR count). The summed E-state index contributed by atoms with van der Waals surface area (Å²) >= 11 is 0. The van der Waals surface area contributed by atoms with E-state index in [0.29, 0.717) is 29.8 Å². The van der Waals surface area contributed by atoms with Crippen LogP contribution in [0.2, 0.25) is 0 Å². The quantitative estimate of drug-likeness (QED) is 0.342. The van der Waals surface area contributed by atoms with Crippen LogP contribution in [0.25, 0.3) is 0 Å². The number of amides is 1. The Morgan fingerprint density at radius 3 is 2.48 bits per heavy atom. The van der Waals surface area contributed by atoms with E-state index >= 15 is 0 Å². The van der Waals surface area contributed by atoms with Crippen LogP contribution in [-0.4, -0.2) is 25.8 Å². The van der Waals surface area contributed by atoms with Gasteiger partial charge in [0.15, 0.2) is 18.1 Å². The summed E-state index contributed by atoms with van der Waals surface area (Å²) in [5.41, 5.74) is 6.72. The number of hydrazone groups is 1. The first-order valence-corrected chi connectivity index (χ1v) is 10.9. The van der Waals surface area contributed by atoms with Crippen LogP contribution in [0.4, 0.5) is 0 Å². The van der Waals surface area contributed by atoms with Gasteiger partial charge in [-0.25, -0.2) is 5.43 Å². The molecule has 0 aliphatic carbocycles. The predicted octanol–water partition coefficient (Wildman–Crippen LogP) is 5.24. The number of hydrogen-bond donors (Lipinski definition) is 1. The van der Waals surface area contributed by atoms with E-state index < -0.39 is 0 Å². The minimum atomic E-state index is -0.341. The molecule has 0 atom stereocenters. The first kappa shape index (κ1) is 23.9. The highest BCUT2D eigenvalue weighted by Crippen LogP contribution is 2.28. The summed E-state index contributed by atoms with van der Waals surface area (Å²) in [5, 5.41) is 4.01. The van der Waals surface area contributed by atoms with E-state index in [1.807, 2.05) is 67.6 Å². The average Bonchev–Trinajstić information content (AvgIpc) is 2.82. The van der Waals surface area contributed by atoms with E-state index in [1.54, 1.807) is 19.4 Å². The van der Waals surface area contributed by atoms with Gasteiger partial charge in [-0.3, -0.25) is 4.79 Å². The van der Waals surface area contributed by atoms with Gasteiger partial charge in [-0.15, -0.1) is 0 Å². The number of ether oxygens (including phenoxy) is 3. The first-order chi connectivity index (χ1) is 16.0. The van der Waals surface area contributed by atoms with E-state index in [-0.39, 0.29) is 12.5 Å². The van der Waals surface area contributed by atoms with Crippen LogP contribution in [-0.2, 0) is 11.4 Å². The Morgan fingerprint density at radius 2 is 1.79 bits per heavy atom. The monoisotopic (exact) mass is 446 g/mol. The van der Waals surface area contributed by atoms with E-state index in [4.69, 9.17) is 14.2 Å². The van der Waals surface area contributed by atoms with Crippen LogP contribution >= 0.6 is 0 Å². The average molecular weight is 447 g/mol. The molecule has 0 aliphatic heterocycles. The van der Waals surface area contributed by atoms with Crippen LogP contribution in [0.1, 0.15) is 42.0 Å². The molecule has 0 radical (unpaired) electrons. The van der Waals surface area contributed by atoms with Crippen molar-refractivity contribution >= 4 is 12.1 Å². The highest BCUT2D eigenvalue weighted by atomic mass is 16.5. The van der Waals surface area contributed by atoms with Gasteiger partial charge >= 0.3 is 0 Å². The summed E-state index contributed by atoms with van der Waals surface area (Å²) < 4.78 is 16.9. The zero-order valence-corrected chi connectivity index (χ0v) is 19.5. The molecular weight excluding hydrogens is 416 g/mol. The SMILES string of the molecule is COc1cc(/C=N/NC(=O)COc2ccc(C(C)C)c(C)c2)ccc1OCc1ccccc1. The standard InChI is InChI=1S/C27H30N2O4/c1-19(2)24-12-11-23(14-20(24)3)32-18-27(30)29-28-16-22-10-13-25(26(15-22)31-4)33-17-21-8-6-5-7-9-21/h5-16,19H,17-18H2,1-4H3,(H,29,30)/b28-16+. The molecule has 6 nitrogen and oxygen atoms in total. The Labute approximate surface area is 195 Å². The summed E-state index contributed by atoms with van der Waals surface area (Å²) in [4.78, 5) is 12.1. The number of nitrogens with one attached hydrogen (secondary N) is 1. The van der Waals surface area contributed by atoms with Gasteiger partial charge in [0.2, 0.25) is 0 Å². The molecule has 0 unspecified atom stereocenters. The number of methoxy groups -OCH3 is 1. The second-order valence-electron chi connectivity index (χ2n) is 7.94. The van der Waals surface area contributed by atoms with E-state index in [1.165, 1.54) is 5.56 Å². The number of carbonyl (C=O) groups excluding carboxylic acids is 1. The second-order valence-corrected chi connectivity index (χ2v) is 7.94. The Kier molecular flexibility index (Phi) is 8.47. The molecule has 6 heteroatoms. The fraction of sp³-hybridized carbons (Fsp3) is 0.259. The largest absolute Gasteiger partial charge is 0.493 e. The van der Waals surface area contributed by atoms with Crippen molar-refractivity contribution < 1.29 is 19.0 Å². The third kappa shape index (κ3) is 7.10. The molecule has 172 valence electrons. The topological polar surface area (TPSA) is 69.2 Å². The molecule has 33 heavy (non-hydrogen) atoms. The summed E-state index contributed by atoms with van der Waals surface area (Å²) in [5.74, 6) is 1.98. The maximum Gasteiger partial charge on any atom is 0.277 e. The molecule has 0 bridgehead atoms. The number of benzene rings is 3. The highest BCUT2D eigenvalue weighted by Gasteiger charge is 2.08. The van der Waals surface area contributed by atoms with Crippen molar-refractivity contribution in [1.82, 2.24) is 5.43 Å². The normalized spacial score (nSPS) is 10.9. The minimum Gasteiger partial charge on any atom is -0.493 e. The zero-order valence-electron chi connectivity index (χ0n) is 19.5. The molecule has 0 fully saturated rings. The van der Waals surface area contributed by atoms with Gasteiger partial charge in [0.25, 0.3) is 5.91 Å². The van der Waals surface area contributed by atoms with Gasteiger partial charge in [0, 0.05) is 0 Å². The van der Waals surface area contributed by atoms with E-state index in [9.17, 15) is 4.79 Å². The van der Waals surface area contributed by atoms with Crippen molar-refractivity contribution in [3.8, 4) is 17.2 Å². The van der Waals surface area contributed by atoms with E-state index in [0.717, 1.165) is 16.7 Å². The van der Waals surface area contributed by atoms with Crippen molar-refractivity contribution in [2.24, 2.45) is 5.10 Å². The summed E-state index contributed by atoms with van der Waals surface area (Å²) in [7, 11) is 1.58. The van der Waals surface area contributed by atoms with Crippen molar-refractivity contribution in [3.63, 3.8) is 0 Å². The lowest BCUT2D eigenvalue weighted by Gasteiger charge is -2.12. The number of aryl methyl sites for hydroxylation is 1. The lowest BCUT2D eigenvalue weighted by Crippen LogP contribution is -2.24. The second kappa shape index (κ2) is 11.7. The molecular formula is C27H30N2O4. The molecule has 0 saturated heterocycles. The molecule has 0 saturated carbocycles. The van der Waals surface area contributed by atoms with Gasteiger partial charge in [-0.05, 0) is 65.4 Å². The zero-order chi connectivity index (χ0) is 23.6. The van der Waals surface area contributed by atoms with Gasteiger partial charge < -0.3 is 14.2 Å². The fourth-order valence-electron chi connectivity index (χ4n) is 3.36. The molecule has 1 amide bonds. The Hall–Kier alpha value is -3.80.